The highest BCUT2D eigenvalue weighted by Gasteiger charge is 2.19. The molecule has 72 valence electrons. The van der Waals surface area contributed by atoms with Gasteiger partial charge in [-0.25, -0.2) is 0 Å². The first-order valence-corrected chi connectivity index (χ1v) is 5.05. The van der Waals surface area contributed by atoms with Crippen molar-refractivity contribution in [1.82, 2.24) is 4.90 Å². The lowest BCUT2D eigenvalue weighted by molar-refractivity contribution is 0.112. The molecule has 1 atom stereocenters. The third kappa shape index (κ3) is 3.11. The van der Waals surface area contributed by atoms with Crippen molar-refractivity contribution in [3.8, 4) is 0 Å². The minimum Gasteiger partial charge on any atom is -0.396 e. The average molecular weight is 171 g/mol. The lowest BCUT2D eigenvalue weighted by Gasteiger charge is -2.32. The molecule has 2 nitrogen and oxygen atoms in total. The Balaban J connectivity index is 2.25. The van der Waals surface area contributed by atoms with Crippen LogP contribution in [-0.2, 0) is 0 Å². The van der Waals surface area contributed by atoms with Gasteiger partial charge in [-0.2, -0.15) is 0 Å². The van der Waals surface area contributed by atoms with Crippen molar-refractivity contribution in [2.75, 3.05) is 26.2 Å². The number of nitrogens with zero attached hydrogens (tertiary/aromatic N) is 1. The van der Waals surface area contributed by atoms with Gasteiger partial charge in [0.2, 0.25) is 0 Å². The molecule has 0 unspecified atom stereocenters. The molecular weight excluding hydrogens is 150 g/mol. The first-order chi connectivity index (χ1) is 5.72. The monoisotopic (exact) mass is 171 g/mol. The molecule has 0 saturated carbocycles. The molecule has 0 aromatic heterocycles. The average Bonchev–Trinajstić information content (AvgIpc) is 2.03. The Kier molecular flexibility index (Phi) is 4.02. The van der Waals surface area contributed by atoms with Gasteiger partial charge in [-0.15, -0.1) is 0 Å². The Morgan fingerprint density at radius 3 is 2.83 bits per heavy atom. The Morgan fingerprint density at radius 1 is 1.50 bits per heavy atom. The Hall–Kier alpha value is -0.0800. The van der Waals surface area contributed by atoms with Crippen molar-refractivity contribution in [1.29, 1.82) is 0 Å². The molecule has 1 aliphatic heterocycles. The molecule has 1 N–H and O–H groups in total. The zero-order valence-corrected chi connectivity index (χ0v) is 8.29. The number of hydrogen-bond donors (Lipinski definition) is 1. The van der Waals surface area contributed by atoms with Crippen LogP contribution in [0.1, 0.15) is 26.7 Å². The van der Waals surface area contributed by atoms with Gasteiger partial charge in [0, 0.05) is 19.7 Å². The molecule has 0 amide bonds. The fraction of sp³-hybridized carbons (Fsp3) is 1.00. The summed E-state index contributed by atoms with van der Waals surface area (Å²) in [7, 11) is 0. The Bertz CT molecular complexity index is 125. The second kappa shape index (κ2) is 4.83. The van der Waals surface area contributed by atoms with Crippen molar-refractivity contribution in [3.63, 3.8) is 0 Å². The van der Waals surface area contributed by atoms with E-state index in [4.69, 9.17) is 5.11 Å². The summed E-state index contributed by atoms with van der Waals surface area (Å²) in [6.45, 7) is 8.40. The highest BCUT2D eigenvalue weighted by Crippen LogP contribution is 2.16. The summed E-state index contributed by atoms with van der Waals surface area (Å²) in [5.41, 5.74) is 0. The number of likely N-dealkylation sites (tertiary alicyclic amines) is 1. The second-order valence-electron chi connectivity index (χ2n) is 4.34. The van der Waals surface area contributed by atoms with Crippen LogP contribution in [0.25, 0.3) is 0 Å². The summed E-state index contributed by atoms with van der Waals surface area (Å²) < 4.78 is 0. The van der Waals surface area contributed by atoms with E-state index in [0.29, 0.717) is 12.5 Å². The molecule has 1 fully saturated rings. The summed E-state index contributed by atoms with van der Waals surface area (Å²) >= 11 is 0. The van der Waals surface area contributed by atoms with E-state index in [1.807, 2.05) is 0 Å². The van der Waals surface area contributed by atoms with Gasteiger partial charge in [-0.1, -0.05) is 13.8 Å². The number of hydrogen-bond acceptors (Lipinski definition) is 2. The number of aliphatic hydroxyl groups excluding tert-OH is 1. The van der Waals surface area contributed by atoms with E-state index in [0.717, 1.165) is 12.5 Å². The Morgan fingerprint density at radius 2 is 2.25 bits per heavy atom. The van der Waals surface area contributed by atoms with Crippen LogP contribution < -0.4 is 0 Å². The second-order valence-corrected chi connectivity index (χ2v) is 4.34. The molecule has 0 aromatic rings. The van der Waals surface area contributed by atoms with E-state index >= 15 is 0 Å². The zero-order chi connectivity index (χ0) is 8.97. The van der Waals surface area contributed by atoms with Crippen LogP contribution in [0, 0.1) is 11.8 Å². The lowest BCUT2D eigenvalue weighted by atomic mass is 9.98. The maximum Gasteiger partial charge on any atom is 0.0471 e. The van der Waals surface area contributed by atoms with Gasteiger partial charge in [0.05, 0.1) is 0 Å². The molecule has 0 radical (unpaired) electrons. The van der Waals surface area contributed by atoms with Crippen LogP contribution in [0.2, 0.25) is 0 Å². The van der Waals surface area contributed by atoms with E-state index in [-0.39, 0.29) is 0 Å². The van der Waals surface area contributed by atoms with Gasteiger partial charge in [0.15, 0.2) is 0 Å². The molecule has 1 aliphatic rings. The molecule has 12 heavy (non-hydrogen) atoms. The van der Waals surface area contributed by atoms with Crippen LogP contribution in [0.3, 0.4) is 0 Å². The normalized spacial score (nSPS) is 26.5. The summed E-state index contributed by atoms with van der Waals surface area (Å²) in [6.07, 6.45) is 2.48. The molecule has 0 aromatic carbocycles. The zero-order valence-electron chi connectivity index (χ0n) is 8.29. The van der Waals surface area contributed by atoms with Crippen LogP contribution in [0.15, 0.2) is 0 Å². The molecule has 1 heterocycles. The topological polar surface area (TPSA) is 23.5 Å². The number of aliphatic hydroxyl groups is 1. The lowest BCUT2D eigenvalue weighted by Crippen LogP contribution is -2.38. The quantitative estimate of drug-likeness (QED) is 0.693. The third-order valence-corrected chi connectivity index (χ3v) is 2.48. The van der Waals surface area contributed by atoms with Gasteiger partial charge in [0.25, 0.3) is 0 Å². The third-order valence-electron chi connectivity index (χ3n) is 2.48. The fourth-order valence-electron chi connectivity index (χ4n) is 1.98. The molecule has 1 saturated heterocycles. The van der Waals surface area contributed by atoms with Gasteiger partial charge in [-0.3, -0.25) is 0 Å². The molecule has 0 bridgehead atoms. The van der Waals surface area contributed by atoms with Crippen molar-refractivity contribution in [2.24, 2.45) is 11.8 Å². The van der Waals surface area contributed by atoms with E-state index in [9.17, 15) is 0 Å². The largest absolute Gasteiger partial charge is 0.396 e. The van der Waals surface area contributed by atoms with Crippen LogP contribution in [0.4, 0.5) is 0 Å². The van der Waals surface area contributed by atoms with E-state index in [1.165, 1.54) is 25.9 Å². The predicted octanol–water partition coefficient (Wildman–Crippen LogP) is 1.35. The summed E-state index contributed by atoms with van der Waals surface area (Å²) in [6, 6.07) is 0. The van der Waals surface area contributed by atoms with E-state index < -0.39 is 0 Å². The Labute approximate surface area is 75.6 Å². The molecule has 0 spiro atoms. The van der Waals surface area contributed by atoms with Crippen molar-refractivity contribution < 1.29 is 5.11 Å². The number of rotatable bonds is 3. The SMILES string of the molecule is CC(C)CN1CCC[C@H](CO)C1. The molecule has 2 heteroatoms. The van der Waals surface area contributed by atoms with Crippen molar-refractivity contribution in [2.45, 2.75) is 26.7 Å². The standard InChI is InChI=1S/C10H21NO/c1-9(2)6-11-5-3-4-10(7-11)8-12/h9-10,12H,3-8H2,1-2H3/t10-/m0/s1. The van der Waals surface area contributed by atoms with Crippen LogP contribution >= 0.6 is 0 Å². The maximum absolute atomic E-state index is 9.02. The minimum atomic E-state index is 0.370. The first kappa shape index (κ1) is 10.0. The minimum absolute atomic E-state index is 0.370. The van der Waals surface area contributed by atoms with Crippen molar-refractivity contribution in [3.05, 3.63) is 0 Å². The molecule has 0 aliphatic carbocycles. The van der Waals surface area contributed by atoms with Gasteiger partial charge in [0.1, 0.15) is 0 Å². The van der Waals surface area contributed by atoms with Crippen LogP contribution in [0.5, 0.6) is 0 Å². The maximum atomic E-state index is 9.02. The molecule has 1 rings (SSSR count). The van der Waals surface area contributed by atoms with E-state index in [1.54, 1.807) is 0 Å². The summed E-state index contributed by atoms with van der Waals surface area (Å²) in [4.78, 5) is 2.48. The smallest absolute Gasteiger partial charge is 0.0471 e. The van der Waals surface area contributed by atoms with E-state index in [2.05, 4.69) is 18.7 Å². The predicted molar refractivity (Wildman–Crippen MR) is 51.1 cm³/mol. The number of piperidine rings is 1. The van der Waals surface area contributed by atoms with Crippen molar-refractivity contribution >= 4 is 0 Å². The summed E-state index contributed by atoms with van der Waals surface area (Å²) in [5, 5.41) is 9.02. The highest BCUT2D eigenvalue weighted by molar-refractivity contribution is 4.72. The van der Waals surface area contributed by atoms with Gasteiger partial charge < -0.3 is 10.0 Å². The van der Waals surface area contributed by atoms with Gasteiger partial charge >= 0.3 is 0 Å². The van der Waals surface area contributed by atoms with Crippen LogP contribution in [-0.4, -0.2) is 36.2 Å². The van der Waals surface area contributed by atoms with Gasteiger partial charge in [-0.05, 0) is 31.2 Å². The highest BCUT2D eigenvalue weighted by atomic mass is 16.3. The summed E-state index contributed by atoms with van der Waals surface area (Å²) in [5.74, 6) is 1.29. The molecular formula is C10H21NO. The fourth-order valence-corrected chi connectivity index (χ4v) is 1.98. The first-order valence-electron chi connectivity index (χ1n) is 5.05.